The van der Waals surface area contributed by atoms with E-state index in [1.54, 1.807) is 12.3 Å². The number of aromatic nitrogens is 1. The molecule has 0 bridgehead atoms. The molecule has 4 nitrogen and oxygen atoms in total. The molecule has 0 unspecified atom stereocenters. The Kier molecular flexibility index (Phi) is 5.73. The molecule has 0 saturated heterocycles. The van der Waals surface area contributed by atoms with E-state index in [-0.39, 0.29) is 5.56 Å². The van der Waals surface area contributed by atoms with E-state index in [1.165, 1.54) is 0 Å². The monoisotopic (exact) mass is 209 g/mol. The molecule has 3 N–H and O–H groups in total. The lowest BCUT2D eigenvalue weighted by Gasteiger charge is -2.05. The largest absolute Gasteiger partial charge is 0.329 e. The fourth-order valence-corrected chi connectivity index (χ4v) is 1.31. The van der Waals surface area contributed by atoms with Gasteiger partial charge in [0.05, 0.1) is 0 Å². The van der Waals surface area contributed by atoms with Gasteiger partial charge >= 0.3 is 0 Å². The zero-order valence-electron chi connectivity index (χ0n) is 9.18. The fourth-order valence-electron chi connectivity index (χ4n) is 1.31. The number of hydrogen-bond acceptors (Lipinski definition) is 3. The lowest BCUT2D eigenvalue weighted by Crippen LogP contribution is -2.27. The van der Waals surface area contributed by atoms with E-state index in [0.717, 1.165) is 38.2 Å². The second-order valence-corrected chi connectivity index (χ2v) is 3.49. The maximum atomic E-state index is 11.0. The predicted molar refractivity (Wildman–Crippen MR) is 61.9 cm³/mol. The first-order valence-corrected chi connectivity index (χ1v) is 5.42. The van der Waals surface area contributed by atoms with Crippen LogP contribution in [0.15, 0.2) is 23.1 Å². The highest BCUT2D eigenvalue weighted by Crippen LogP contribution is 1.90. The van der Waals surface area contributed by atoms with Crippen molar-refractivity contribution in [2.45, 2.75) is 19.9 Å². The number of aromatic amines is 1. The number of rotatable bonds is 7. The van der Waals surface area contributed by atoms with E-state index >= 15 is 0 Å². The minimum atomic E-state index is -0.0431. The van der Waals surface area contributed by atoms with Crippen LogP contribution in [0.4, 0.5) is 0 Å². The molecule has 0 aliphatic carbocycles. The second kappa shape index (κ2) is 7.20. The number of pyridine rings is 1. The van der Waals surface area contributed by atoms with Crippen molar-refractivity contribution in [3.63, 3.8) is 0 Å². The Labute approximate surface area is 90.1 Å². The molecular weight excluding hydrogens is 190 g/mol. The van der Waals surface area contributed by atoms with Crippen molar-refractivity contribution in [3.8, 4) is 0 Å². The van der Waals surface area contributed by atoms with Crippen molar-refractivity contribution in [2.75, 3.05) is 19.6 Å². The number of nitrogens with one attached hydrogen (secondary N) is 3. The van der Waals surface area contributed by atoms with Gasteiger partial charge in [0.1, 0.15) is 0 Å². The maximum absolute atomic E-state index is 11.0. The van der Waals surface area contributed by atoms with Crippen LogP contribution in [0.25, 0.3) is 0 Å². The summed E-state index contributed by atoms with van der Waals surface area (Å²) in [6.45, 7) is 5.85. The summed E-state index contributed by atoms with van der Waals surface area (Å²) in [6, 6.07) is 3.53. The Bertz CT molecular complexity index is 322. The first kappa shape index (κ1) is 11.9. The zero-order valence-corrected chi connectivity index (χ0v) is 9.18. The van der Waals surface area contributed by atoms with Crippen LogP contribution in [0.1, 0.15) is 18.9 Å². The molecule has 84 valence electrons. The molecule has 0 aliphatic heterocycles. The molecule has 1 rings (SSSR count). The third kappa shape index (κ3) is 5.34. The summed E-state index contributed by atoms with van der Waals surface area (Å²) < 4.78 is 0. The van der Waals surface area contributed by atoms with Crippen LogP contribution in [0.2, 0.25) is 0 Å². The summed E-state index contributed by atoms with van der Waals surface area (Å²) in [6.07, 6.45) is 2.84. The lowest BCUT2D eigenvalue weighted by molar-refractivity contribution is 0.606. The molecule has 0 aliphatic rings. The average Bonchev–Trinajstić information content (AvgIpc) is 2.23. The van der Waals surface area contributed by atoms with Crippen LogP contribution in [0, 0.1) is 0 Å². The molecule has 0 spiro atoms. The van der Waals surface area contributed by atoms with Gasteiger partial charge in [0.15, 0.2) is 0 Å². The zero-order chi connectivity index (χ0) is 10.9. The highest BCUT2D eigenvalue weighted by atomic mass is 16.1. The molecule has 0 amide bonds. The minimum Gasteiger partial charge on any atom is -0.329 e. The van der Waals surface area contributed by atoms with Gasteiger partial charge in [-0.15, -0.1) is 0 Å². The molecule has 4 heteroatoms. The van der Waals surface area contributed by atoms with Gasteiger partial charge in [-0.2, -0.15) is 0 Å². The van der Waals surface area contributed by atoms with Crippen molar-refractivity contribution in [3.05, 3.63) is 34.2 Å². The molecule has 0 aromatic carbocycles. The Hall–Kier alpha value is -1.13. The van der Waals surface area contributed by atoms with Crippen molar-refractivity contribution >= 4 is 0 Å². The third-order valence-corrected chi connectivity index (χ3v) is 2.07. The van der Waals surface area contributed by atoms with Crippen LogP contribution in [-0.4, -0.2) is 24.6 Å². The summed E-state index contributed by atoms with van der Waals surface area (Å²) in [7, 11) is 0. The van der Waals surface area contributed by atoms with Crippen molar-refractivity contribution in [1.82, 2.24) is 15.6 Å². The van der Waals surface area contributed by atoms with Gasteiger partial charge in [0, 0.05) is 31.9 Å². The van der Waals surface area contributed by atoms with Crippen molar-refractivity contribution in [2.24, 2.45) is 0 Å². The van der Waals surface area contributed by atoms with Gasteiger partial charge in [0.25, 0.3) is 0 Å². The Balaban J connectivity index is 2.12. The normalized spacial score (nSPS) is 10.5. The van der Waals surface area contributed by atoms with Gasteiger partial charge in [0.2, 0.25) is 5.56 Å². The van der Waals surface area contributed by atoms with Gasteiger partial charge < -0.3 is 15.6 Å². The summed E-state index contributed by atoms with van der Waals surface area (Å²) in [4.78, 5) is 13.6. The van der Waals surface area contributed by atoms with E-state index in [4.69, 9.17) is 0 Å². The van der Waals surface area contributed by atoms with Gasteiger partial charge in [-0.05, 0) is 24.6 Å². The predicted octanol–water partition coefficient (Wildman–Crippen LogP) is 0.464. The smallest absolute Gasteiger partial charge is 0.248 e. The molecule has 0 atom stereocenters. The van der Waals surface area contributed by atoms with E-state index in [1.807, 2.05) is 6.07 Å². The molecule has 1 aromatic rings. The first-order chi connectivity index (χ1) is 7.33. The molecule has 1 heterocycles. The molecule has 0 saturated carbocycles. The van der Waals surface area contributed by atoms with Crippen LogP contribution in [-0.2, 0) is 6.54 Å². The molecule has 0 radical (unpaired) electrons. The minimum absolute atomic E-state index is 0.0431. The van der Waals surface area contributed by atoms with E-state index in [9.17, 15) is 4.79 Å². The van der Waals surface area contributed by atoms with Crippen LogP contribution < -0.4 is 16.2 Å². The second-order valence-electron chi connectivity index (χ2n) is 3.49. The molecule has 0 fully saturated rings. The molecular formula is C11H19N3O. The van der Waals surface area contributed by atoms with Gasteiger partial charge in [-0.3, -0.25) is 4.79 Å². The maximum Gasteiger partial charge on any atom is 0.248 e. The number of H-pyrrole nitrogens is 1. The van der Waals surface area contributed by atoms with Crippen LogP contribution in [0.5, 0.6) is 0 Å². The topological polar surface area (TPSA) is 56.9 Å². The number of hydrogen-bond donors (Lipinski definition) is 3. The highest BCUT2D eigenvalue weighted by molar-refractivity contribution is 5.09. The van der Waals surface area contributed by atoms with E-state index < -0.39 is 0 Å². The van der Waals surface area contributed by atoms with Crippen LogP contribution >= 0.6 is 0 Å². The molecule has 15 heavy (non-hydrogen) atoms. The lowest BCUT2D eigenvalue weighted by atomic mass is 10.3. The Morgan fingerprint density at radius 1 is 1.27 bits per heavy atom. The quantitative estimate of drug-likeness (QED) is 0.572. The summed E-state index contributed by atoms with van der Waals surface area (Å²) in [5.74, 6) is 0. The SMILES string of the molecule is CCCNCCNCc1cc[nH]c(=O)c1. The first-order valence-electron chi connectivity index (χ1n) is 5.42. The third-order valence-electron chi connectivity index (χ3n) is 2.07. The summed E-state index contributed by atoms with van der Waals surface area (Å²) in [5, 5.41) is 6.57. The Morgan fingerprint density at radius 2 is 2.07 bits per heavy atom. The van der Waals surface area contributed by atoms with E-state index in [0.29, 0.717) is 0 Å². The van der Waals surface area contributed by atoms with E-state index in [2.05, 4.69) is 22.5 Å². The summed E-state index contributed by atoms with van der Waals surface area (Å²) in [5.41, 5.74) is 0.979. The summed E-state index contributed by atoms with van der Waals surface area (Å²) >= 11 is 0. The Morgan fingerprint density at radius 3 is 2.80 bits per heavy atom. The average molecular weight is 209 g/mol. The highest BCUT2D eigenvalue weighted by Gasteiger charge is 1.92. The fraction of sp³-hybridized carbons (Fsp3) is 0.545. The van der Waals surface area contributed by atoms with Gasteiger partial charge in [-0.25, -0.2) is 0 Å². The molecule has 1 aromatic heterocycles. The standard InChI is InChI=1S/C11H19N3O/c1-2-4-12-6-7-13-9-10-3-5-14-11(15)8-10/h3,5,8,12-13H,2,4,6-7,9H2,1H3,(H,14,15). The van der Waals surface area contributed by atoms with Crippen molar-refractivity contribution in [1.29, 1.82) is 0 Å². The van der Waals surface area contributed by atoms with Crippen LogP contribution in [0.3, 0.4) is 0 Å². The van der Waals surface area contributed by atoms with Crippen molar-refractivity contribution < 1.29 is 0 Å². The van der Waals surface area contributed by atoms with Gasteiger partial charge in [-0.1, -0.05) is 6.92 Å².